The molecule has 1 aromatic heterocycles. The second-order valence-electron chi connectivity index (χ2n) is 5.46. The molecule has 2 aromatic rings. The predicted octanol–water partition coefficient (Wildman–Crippen LogP) is 2.91. The first-order chi connectivity index (χ1) is 12.1. The summed E-state index contributed by atoms with van der Waals surface area (Å²) in [6.45, 7) is 2.57. The van der Waals surface area contributed by atoms with E-state index in [1.165, 1.54) is 0 Å². The van der Waals surface area contributed by atoms with Gasteiger partial charge in [0.2, 0.25) is 5.91 Å². The molecule has 1 aromatic carbocycles. The first kappa shape index (κ1) is 18.7. The van der Waals surface area contributed by atoms with Gasteiger partial charge in [-0.25, -0.2) is 4.79 Å². The maximum atomic E-state index is 11.9. The first-order valence-corrected chi connectivity index (χ1v) is 8.40. The Labute approximate surface area is 152 Å². The molecule has 3 N–H and O–H groups in total. The van der Waals surface area contributed by atoms with E-state index in [0.29, 0.717) is 23.7 Å². The Morgan fingerprint density at radius 3 is 2.64 bits per heavy atom. The van der Waals surface area contributed by atoms with Crippen LogP contribution in [0, 0.1) is 6.92 Å². The fraction of sp³-hybridized carbons (Fsp3) is 0.278. The lowest BCUT2D eigenvalue weighted by Crippen LogP contribution is -2.38. The minimum atomic E-state index is -0.303. The molecule has 6 nitrogen and oxygen atoms in total. The van der Waals surface area contributed by atoms with Crippen molar-refractivity contribution in [3.63, 3.8) is 0 Å². The quantitative estimate of drug-likeness (QED) is 0.710. The van der Waals surface area contributed by atoms with E-state index in [1.54, 1.807) is 24.4 Å². The summed E-state index contributed by atoms with van der Waals surface area (Å²) in [6.07, 6.45) is 2.55. The number of amides is 3. The molecule has 0 saturated carbocycles. The molecule has 0 aliphatic rings. The number of hydrogen-bond acceptors (Lipinski definition) is 3. The van der Waals surface area contributed by atoms with Crippen molar-refractivity contribution in [2.24, 2.45) is 0 Å². The third kappa shape index (κ3) is 6.43. The molecule has 0 saturated heterocycles. The Hall–Kier alpha value is -2.60. The lowest BCUT2D eigenvalue weighted by atomic mass is 10.2. The van der Waals surface area contributed by atoms with Crippen LogP contribution in [0.4, 0.5) is 10.5 Å². The van der Waals surface area contributed by atoms with Crippen LogP contribution in [0.25, 0.3) is 0 Å². The van der Waals surface area contributed by atoms with E-state index in [0.717, 1.165) is 11.3 Å². The summed E-state index contributed by atoms with van der Waals surface area (Å²) >= 11 is 6.01. The molecule has 7 heteroatoms. The van der Waals surface area contributed by atoms with Crippen LogP contribution in [0.15, 0.2) is 42.6 Å². The number of carbonyl (C=O) groups is 2. The SMILES string of the molecule is Cc1c(Cl)cccc1NC(=O)CCNC(=O)NCCc1ccccn1. The number of urea groups is 1. The molecule has 2 rings (SSSR count). The summed E-state index contributed by atoms with van der Waals surface area (Å²) in [5.41, 5.74) is 2.41. The van der Waals surface area contributed by atoms with Crippen LogP contribution in [-0.2, 0) is 11.2 Å². The van der Waals surface area contributed by atoms with Gasteiger partial charge in [0.1, 0.15) is 0 Å². The second kappa shape index (κ2) is 9.64. The molecule has 25 heavy (non-hydrogen) atoms. The molecule has 0 radical (unpaired) electrons. The van der Waals surface area contributed by atoms with E-state index in [4.69, 9.17) is 11.6 Å². The Morgan fingerprint density at radius 2 is 1.88 bits per heavy atom. The van der Waals surface area contributed by atoms with Gasteiger partial charge in [-0.15, -0.1) is 0 Å². The van der Waals surface area contributed by atoms with Gasteiger partial charge in [-0.1, -0.05) is 23.7 Å². The summed E-state index contributed by atoms with van der Waals surface area (Å²) in [6, 6.07) is 10.7. The number of rotatable bonds is 7. The molecule has 0 fully saturated rings. The summed E-state index contributed by atoms with van der Waals surface area (Å²) in [4.78, 5) is 27.8. The Kier molecular flexibility index (Phi) is 7.22. The number of benzene rings is 1. The van der Waals surface area contributed by atoms with Crippen molar-refractivity contribution >= 4 is 29.2 Å². The number of carbonyl (C=O) groups excluding carboxylic acids is 2. The summed E-state index contributed by atoms with van der Waals surface area (Å²) in [5.74, 6) is -0.181. The van der Waals surface area contributed by atoms with Crippen LogP contribution in [-0.4, -0.2) is 30.0 Å². The van der Waals surface area contributed by atoms with Crippen LogP contribution < -0.4 is 16.0 Å². The van der Waals surface area contributed by atoms with Crippen molar-refractivity contribution in [1.82, 2.24) is 15.6 Å². The number of nitrogens with zero attached hydrogens (tertiary/aromatic N) is 1. The van der Waals surface area contributed by atoms with Crippen molar-refractivity contribution < 1.29 is 9.59 Å². The molecule has 0 unspecified atom stereocenters. The average molecular weight is 361 g/mol. The number of pyridine rings is 1. The van der Waals surface area contributed by atoms with Gasteiger partial charge in [0.05, 0.1) is 0 Å². The molecular weight excluding hydrogens is 340 g/mol. The Morgan fingerprint density at radius 1 is 1.08 bits per heavy atom. The molecule has 1 heterocycles. The maximum absolute atomic E-state index is 11.9. The highest BCUT2D eigenvalue weighted by Crippen LogP contribution is 2.22. The monoisotopic (exact) mass is 360 g/mol. The smallest absolute Gasteiger partial charge is 0.314 e. The van der Waals surface area contributed by atoms with Gasteiger partial charge in [0.15, 0.2) is 0 Å². The highest BCUT2D eigenvalue weighted by molar-refractivity contribution is 6.31. The van der Waals surface area contributed by atoms with Crippen molar-refractivity contribution in [3.05, 3.63) is 58.9 Å². The standard InChI is InChI=1S/C18H21ClN4O2/c1-13-15(19)6-4-7-16(13)23-17(24)9-12-22-18(25)21-11-8-14-5-2-3-10-20-14/h2-7,10H,8-9,11-12H2,1H3,(H,23,24)(H2,21,22,25). The Balaban J connectivity index is 1.63. The van der Waals surface area contributed by atoms with Gasteiger partial charge in [-0.3, -0.25) is 9.78 Å². The minimum absolute atomic E-state index is 0.180. The van der Waals surface area contributed by atoms with E-state index in [9.17, 15) is 9.59 Å². The van der Waals surface area contributed by atoms with Crippen LogP contribution >= 0.6 is 11.6 Å². The molecule has 0 spiro atoms. The minimum Gasteiger partial charge on any atom is -0.338 e. The molecule has 3 amide bonds. The van der Waals surface area contributed by atoms with Gasteiger partial charge in [-0.05, 0) is 36.8 Å². The lowest BCUT2D eigenvalue weighted by Gasteiger charge is -2.10. The first-order valence-electron chi connectivity index (χ1n) is 8.03. The molecule has 0 aliphatic carbocycles. The number of aromatic nitrogens is 1. The lowest BCUT2D eigenvalue weighted by molar-refractivity contribution is -0.116. The van der Waals surface area contributed by atoms with E-state index < -0.39 is 0 Å². The van der Waals surface area contributed by atoms with Gasteiger partial charge in [-0.2, -0.15) is 0 Å². The molecule has 132 valence electrons. The number of anilines is 1. The predicted molar refractivity (Wildman–Crippen MR) is 98.8 cm³/mol. The second-order valence-corrected chi connectivity index (χ2v) is 5.87. The van der Waals surface area contributed by atoms with Crippen molar-refractivity contribution in [2.75, 3.05) is 18.4 Å². The van der Waals surface area contributed by atoms with Crippen LogP contribution in [0.5, 0.6) is 0 Å². The molecular formula is C18H21ClN4O2. The molecule has 0 aliphatic heterocycles. The fourth-order valence-electron chi connectivity index (χ4n) is 2.16. The normalized spacial score (nSPS) is 10.2. The van der Waals surface area contributed by atoms with Gasteiger partial charge < -0.3 is 16.0 Å². The largest absolute Gasteiger partial charge is 0.338 e. The number of halogens is 1. The van der Waals surface area contributed by atoms with E-state index in [2.05, 4.69) is 20.9 Å². The maximum Gasteiger partial charge on any atom is 0.314 e. The zero-order valence-corrected chi connectivity index (χ0v) is 14.8. The van der Waals surface area contributed by atoms with Crippen LogP contribution in [0.1, 0.15) is 17.7 Å². The summed E-state index contributed by atoms with van der Waals surface area (Å²) in [5, 5.41) is 8.77. The third-order valence-corrected chi connectivity index (χ3v) is 3.98. The topological polar surface area (TPSA) is 83.1 Å². The van der Waals surface area contributed by atoms with Crippen molar-refractivity contribution in [3.8, 4) is 0 Å². The highest BCUT2D eigenvalue weighted by Gasteiger charge is 2.07. The van der Waals surface area contributed by atoms with Crippen molar-refractivity contribution in [1.29, 1.82) is 0 Å². The van der Waals surface area contributed by atoms with E-state index >= 15 is 0 Å². The fourth-order valence-corrected chi connectivity index (χ4v) is 2.33. The number of nitrogens with one attached hydrogen (secondary N) is 3. The molecule has 0 bridgehead atoms. The zero-order valence-electron chi connectivity index (χ0n) is 14.0. The number of hydrogen-bond donors (Lipinski definition) is 3. The van der Waals surface area contributed by atoms with Crippen LogP contribution in [0.3, 0.4) is 0 Å². The van der Waals surface area contributed by atoms with Crippen LogP contribution in [0.2, 0.25) is 5.02 Å². The summed E-state index contributed by atoms with van der Waals surface area (Å²) < 4.78 is 0. The van der Waals surface area contributed by atoms with Gasteiger partial charge >= 0.3 is 6.03 Å². The van der Waals surface area contributed by atoms with Gasteiger partial charge in [0, 0.05) is 48.5 Å². The van der Waals surface area contributed by atoms with Gasteiger partial charge in [0.25, 0.3) is 0 Å². The third-order valence-electron chi connectivity index (χ3n) is 3.57. The van der Waals surface area contributed by atoms with Crippen molar-refractivity contribution in [2.45, 2.75) is 19.8 Å². The summed E-state index contributed by atoms with van der Waals surface area (Å²) in [7, 11) is 0. The van der Waals surface area contributed by atoms with E-state index in [1.807, 2.05) is 25.1 Å². The van der Waals surface area contributed by atoms with E-state index in [-0.39, 0.29) is 24.9 Å². The zero-order chi connectivity index (χ0) is 18.1. The highest BCUT2D eigenvalue weighted by atomic mass is 35.5. The molecule has 0 atom stereocenters. The Bertz CT molecular complexity index is 722. The average Bonchev–Trinajstić information content (AvgIpc) is 2.60.